The number of sulfone groups is 1. The van der Waals surface area contributed by atoms with E-state index in [1.165, 1.54) is 23.8 Å². The third-order valence-corrected chi connectivity index (χ3v) is 8.58. The first-order chi connectivity index (χ1) is 12.8. The van der Waals surface area contributed by atoms with Gasteiger partial charge in [0.1, 0.15) is 0 Å². The number of rotatable bonds is 5. The van der Waals surface area contributed by atoms with Crippen molar-refractivity contribution in [3.05, 3.63) is 35.4 Å². The predicted molar refractivity (Wildman–Crippen MR) is 116 cm³/mol. The molecule has 7 heteroatoms. The van der Waals surface area contributed by atoms with E-state index >= 15 is 0 Å². The van der Waals surface area contributed by atoms with Gasteiger partial charge in [-0.1, -0.05) is 49.1 Å². The van der Waals surface area contributed by atoms with Gasteiger partial charge in [-0.15, -0.1) is 12.4 Å². The molecule has 1 saturated carbocycles. The van der Waals surface area contributed by atoms with Crippen LogP contribution in [0.5, 0.6) is 0 Å². The van der Waals surface area contributed by atoms with Crippen molar-refractivity contribution in [2.45, 2.75) is 62.0 Å². The zero-order chi connectivity index (χ0) is 19.5. The summed E-state index contributed by atoms with van der Waals surface area (Å²) in [6, 6.07) is 8.54. The topological polar surface area (TPSA) is 75.3 Å². The fourth-order valence-electron chi connectivity index (χ4n) is 4.78. The molecule has 0 atom stereocenters. The molecule has 0 aromatic heterocycles. The highest BCUT2D eigenvalue weighted by Crippen LogP contribution is 2.39. The van der Waals surface area contributed by atoms with E-state index in [0.717, 1.165) is 25.7 Å². The van der Waals surface area contributed by atoms with Crippen molar-refractivity contribution in [1.82, 2.24) is 10.6 Å². The standard InChI is InChI=1S/C21H32N2O3S.ClH/c1-17-7-6-8-18(15-17)20(9-4-3-5-10-20)16-23-19(24)21(27(2,25)26)11-13-22-14-12-21;/h6-8,15,22H,3-5,9-14,16H2,1-2H3,(H,23,24);1H. The lowest BCUT2D eigenvalue weighted by atomic mass is 9.69. The van der Waals surface area contributed by atoms with Gasteiger partial charge in [0, 0.05) is 18.2 Å². The Labute approximate surface area is 175 Å². The van der Waals surface area contributed by atoms with Gasteiger partial charge in [0.2, 0.25) is 5.91 Å². The number of hydrogen-bond donors (Lipinski definition) is 2. The smallest absolute Gasteiger partial charge is 0.241 e. The average molecular weight is 429 g/mol. The number of halogens is 1. The van der Waals surface area contributed by atoms with Gasteiger partial charge in [0.05, 0.1) is 0 Å². The molecule has 0 bridgehead atoms. The molecular formula is C21H33ClN2O3S. The lowest BCUT2D eigenvalue weighted by Gasteiger charge is -2.40. The lowest BCUT2D eigenvalue weighted by molar-refractivity contribution is -0.124. The molecule has 2 N–H and O–H groups in total. The summed E-state index contributed by atoms with van der Waals surface area (Å²) in [5, 5.41) is 6.25. The van der Waals surface area contributed by atoms with Crippen molar-refractivity contribution in [3.63, 3.8) is 0 Å². The van der Waals surface area contributed by atoms with Crippen molar-refractivity contribution in [2.75, 3.05) is 25.9 Å². The van der Waals surface area contributed by atoms with Gasteiger partial charge in [-0.2, -0.15) is 0 Å². The van der Waals surface area contributed by atoms with Crippen LogP contribution in [-0.2, 0) is 20.0 Å². The summed E-state index contributed by atoms with van der Waals surface area (Å²) in [6.07, 6.45) is 7.46. The van der Waals surface area contributed by atoms with Crippen molar-refractivity contribution in [2.24, 2.45) is 0 Å². The molecule has 1 heterocycles. The van der Waals surface area contributed by atoms with E-state index in [-0.39, 0.29) is 23.7 Å². The highest BCUT2D eigenvalue weighted by Gasteiger charge is 2.49. The van der Waals surface area contributed by atoms with Crippen molar-refractivity contribution in [1.29, 1.82) is 0 Å². The van der Waals surface area contributed by atoms with Gasteiger partial charge >= 0.3 is 0 Å². The average Bonchev–Trinajstić information content (AvgIpc) is 2.66. The summed E-state index contributed by atoms with van der Waals surface area (Å²) in [5.74, 6) is -0.316. The van der Waals surface area contributed by atoms with Crippen molar-refractivity contribution in [3.8, 4) is 0 Å². The van der Waals surface area contributed by atoms with Crippen LogP contribution in [0.25, 0.3) is 0 Å². The zero-order valence-electron chi connectivity index (χ0n) is 16.9. The Balaban J connectivity index is 0.00000280. The molecule has 1 aromatic carbocycles. The number of aryl methyl sites for hydroxylation is 1. The summed E-state index contributed by atoms with van der Waals surface area (Å²) in [4.78, 5) is 13.1. The highest BCUT2D eigenvalue weighted by atomic mass is 35.5. The van der Waals surface area contributed by atoms with Crippen LogP contribution < -0.4 is 10.6 Å². The molecule has 2 aliphatic rings. The first-order valence-corrected chi connectivity index (χ1v) is 11.9. The molecule has 1 aliphatic heterocycles. The minimum Gasteiger partial charge on any atom is -0.354 e. The molecule has 158 valence electrons. The number of nitrogens with one attached hydrogen (secondary N) is 2. The monoisotopic (exact) mass is 428 g/mol. The van der Waals surface area contributed by atoms with Crippen LogP contribution in [0.3, 0.4) is 0 Å². The van der Waals surface area contributed by atoms with Crippen LogP contribution in [0.4, 0.5) is 0 Å². The third kappa shape index (κ3) is 4.55. The van der Waals surface area contributed by atoms with E-state index in [1.807, 2.05) is 0 Å². The van der Waals surface area contributed by atoms with Crippen LogP contribution >= 0.6 is 12.4 Å². The normalized spacial score (nSPS) is 21.4. The minimum atomic E-state index is -3.48. The van der Waals surface area contributed by atoms with E-state index < -0.39 is 14.6 Å². The minimum absolute atomic E-state index is 0. The molecule has 0 radical (unpaired) electrons. The molecule has 28 heavy (non-hydrogen) atoms. The van der Waals surface area contributed by atoms with Crippen LogP contribution in [0, 0.1) is 6.92 Å². The fraction of sp³-hybridized carbons (Fsp3) is 0.667. The third-order valence-electron chi connectivity index (χ3n) is 6.56. The maximum absolute atomic E-state index is 13.1. The van der Waals surface area contributed by atoms with Crippen LogP contribution in [0.1, 0.15) is 56.1 Å². The maximum atomic E-state index is 13.1. The zero-order valence-corrected chi connectivity index (χ0v) is 18.6. The Morgan fingerprint density at radius 2 is 1.75 bits per heavy atom. The Kier molecular flexibility index (Phi) is 7.56. The van der Waals surface area contributed by atoms with E-state index in [4.69, 9.17) is 0 Å². The largest absolute Gasteiger partial charge is 0.354 e. The van der Waals surface area contributed by atoms with E-state index in [0.29, 0.717) is 32.5 Å². The quantitative estimate of drug-likeness (QED) is 0.756. The van der Waals surface area contributed by atoms with E-state index in [1.54, 1.807) is 0 Å². The Morgan fingerprint density at radius 1 is 1.11 bits per heavy atom. The first kappa shape index (κ1) is 23.2. The fourth-order valence-corrected chi connectivity index (χ4v) is 6.13. The number of hydrogen-bond acceptors (Lipinski definition) is 4. The van der Waals surface area contributed by atoms with Gasteiger partial charge in [0.25, 0.3) is 0 Å². The van der Waals surface area contributed by atoms with Crippen molar-refractivity contribution >= 4 is 28.2 Å². The number of benzene rings is 1. The maximum Gasteiger partial charge on any atom is 0.241 e. The molecule has 1 aliphatic carbocycles. The second kappa shape index (κ2) is 9.14. The molecular weight excluding hydrogens is 396 g/mol. The Morgan fingerprint density at radius 3 is 2.32 bits per heavy atom. The SMILES string of the molecule is Cc1cccc(C2(CNC(=O)C3(S(C)(=O)=O)CCNCC3)CCCCC2)c1.Cl. The van der Waals surface area contributed by atoms with Gasteiger partial charge in [-0.25, -0.2) is 8.42 Å². The first-order valence-electron chi connectivity index (χ1n) is 10.0. The molecule has 1 aromatic rings. The van der Waals surface area contributed by atoms with Gasteiger partial charge < -0.3 is 10.6 Å². The Hall–Kier alpha value is -1.11. The van der Waals surface area contributed by atoms with Crippen LogP contribution in [-0.4, -0.2) is 45.0 Å². The molecule has 0 unspecified atom stereocenters. The number of carbonyl (C=O) groups is 1. The number of amides is 1. The van der Waals surface area contributed by atoms with E-state index in [9.17, 15) is 13.2 Å². The molecule has 3 rings (SSSR count). The highest BCUT2D eigenvalue weighted by molar-refractivity contribution is 7.92. The van der Waals surface area contributed by atoms with Gasteiger partial charge in [-0.05, 0) is 51.3 Å². The number of carbonyl (C=O) groups excluding carboxylic acids is 1. The van der Waals surface area contributed by atoms with Crippen LogP contribution in [0.15, 0.2) is 24.3 Å². The Bertz CT molecular complexity index is 783. The predicted octanol–water partition coefficient (Wildman–Crippen LogP) is 2.90. The molecule has 5 nitrogen and oxygen atoms in total. The summed E-state index contributed by atoms with van der Waals surface area (Å²) in [7, 11) is -3.48. The molecule has 1 amide bonds. The molecule has 1 saturated heterocycles. The summed E-state index contributed by atoms with van der Waals surface area (Å²) in [5.41, 5.74) is 2.39. The van der Waals surface area contributed by atoms with Gasteiger partial charge in [-0.3, -0.25) is 4.79 Å². The summed E-state index contributed by atoms with van der Waals surface area (Å²) in [6.45, 7) is 3.72. The number of piperidine rings is 1. The molecule has 0 spiro atoms. The second-order valence-electron chi connectivity index (χ2n) is 8.41. The van der Waals surface area contributed by atoms with Crippen molar-refractivity contribution < 1.29 is 13.2 Å². The second-order valence-corrected chi connectivity index (χ2v) is 10.7. The lowest BCUT2D eigenvalue weighted by Crippen LogP contribution is -2.58. The van der Waals surface area contributed by atoms with Crippen LogP contribution in [0.2, 0.25) is 0 Å². The summed E-state index contributed by atoms with van der Waals surface area (Å²) >= 11 is 0. The van der Waals surface area contributed by atoms with E-state index in [2.05, 4.69) is 41.8 Å². The molecule has 2 fully saturated rings. The van der Waals surface area contributed by atoms with Gasteiger partial charge in [0.15, 0.2) is 14.6 Å². The summed E-state index contributed by atoms with van der Waals surface area (Å²) < 4.78 is 23.7.